The van der Waals surface area contributed by atoms with Gasteiger partial charge in [0.15, 0.2) is 0 Å². The number of aryl methyl sites for hydroxylation is 1. The van der Waals surface area contributed by atoms with Gasteiger partial charge in [0, 0.05) is 35.1 Å². The van der Waals surface area contributed by atoms with Gasteiger partial charge in [-0.1, -0.05) is 56.2 Å². The third-order valence-electron chi connectivity index (χ3n) is 6.25. The van der Waals surface area contributed by atoms with E-state index in [-0.39, 0.29) is 11.7 Å². The van der Waals surface area contributed by atoms with Gasteiger partial charge < -0.3 is 9.88 Å². The van der Waals surface area contributed by atoms with Gasteiger partial charge in [0.05, 0.1) is 6.54 Å². The monoisotopic (exact) mass is 392 g/mol. The van der Waals surface area contributed by atoms with Crippen molar-refractivity contribution in [1.82, 2.24) is 9.88 Å². The largest absolute Gasteiger partial charge is 0.353 e. The van der Waals surface area contributed by atoms with E-state index >= 15 is 0 Å². The third kappa shape index (κ3) is 4.52. The molecule has 152 valence electrons. The molecule has 29 heavy (non-hydrogen) atoms. The molecule has 0 unspecified atom stereocenters. The van der Waals surface area contributed by atoms with Crippen LogP contribution in [0, 0.1) is 11.7 Å². The zero-order valence-corrected chi connectivity index (χ0v) is 17.0. The number of carbonyl (C=O) groups is 1. The Kier molecular flexibility index (Phi) is 5.98. The maximum absolute atomic E-state index is 14.1. The van der Waals surface area contributed by atoms with Crippen molar-refractivity contribution >= 4 is 16.8 Å². The quantitative estimate of drug-likeness (QED) is 0.594. The predicted molar refractivity (Wildman–Crippen MR) is 115 cm³/mol. The number of fused-ring (bicyclic) bond motifs is 1. The highest BCUT2D eigenvalue weighted by molar-refractivity contribution is 5.85. The van der Waals surface area contributed by atoms with E-state index in [0.29, 0.717) is 36.9 Å². The number of nitrogens with zero attached hydrogens (tertiary/aromatic N) is 1. The number of amides is 1. The molecule has 0 saturated heterocycles. The first-order chi connectivity index (χ1) is 14.1. The fraction of sp³-hybridized carbons (Fsp3) is 0.400. The first-order valence-corrected chi connectivity index (χ1v) is 10.7. The summed E-state index contributed by atoms with van der Waals surface area (Å²) >= 11 is 0. The molecule has 0 radical (unpaired) electrons. The number of nitrogens with one attached hydrogen (secondary N) is 1. The number of halogens is 1. The minimum atomic E-state index is -0.187. The smallest absolute Gasteiger partial charge is 0.220 e. The first-order valence-electron chi connectivity index (χ1n) is 10.7. The maximum atomic E-state index is 14.1. The van der Waals surface area contributed by atoms with Crippen LogP contribution < -0.4 is 5.32 Å². The summed E-state index contributed by atoms with van der Waals surface area (Å²) in [5.74, 6) is 0.512. The standard InChI is InChI=1S/C25H29FN2O/c1-18-8-2-6-12-23(18)27-25(29)15-14-19-16-28(24-13-7-4-10-21(19)24)17-20-9-3-5-11-22(20)26/h3-5,7,9-11,13,16,18,23H,2,6,8,12,14-15,17H2,1H3,(H,27,29)/t18-,23+/m0/s1. The van der Waals surface area contributed by atoms with Crippen LogP contribution in [-0.2, 0) is 17.8 Å². The lowest BCUT2D eigenvalue weighted by molar-refractivity contribution is -0.122. The molecule has 4 heteroatoms. The molecule has 0 aliphatic heterocycles. The first kappa shape index (κ1) is 19.7. The summed E-state index contributed by atoms with van der Waals surface area (Å²) in [5, 5.41) is 4.39. The van der Waals surface area contributed by atoms with E-state index in [1.165, 1.54) is 25.3 Å². The van der Waals surface area contributed by atoms with Gasteiger partial charge in [-0.2, -0.15) is 0 Å². The van der Waals surface area contributed by atoms with Gasteiger partial charge in [0.1, 0.15) is 5.82 Å². The molecule has 1 aromatic heterocycles. The lowest BCUT2D eigenvalue weighted by Crippen LogP contribution is -2.41. The summed E-state index contributed by atoms with van der Waals surface area (Å²) in [5.41, 5.74) is 2.89. The summed E-state index contributed by atoms with van der Waals surface area (Å²) in [6.07, 6.45) is 8.03. The third-order valence-corrected chi connectivity index (χ3v) is 6.25. The Morgan fingerprint density at radius 1 is 1.07 bits per heavy atom. The Hall–Kier alpha value is -2.62. The fourth-order valence-electron chi connectivity index (χ4n) is 4.52. The predicted octanol–water partition coefficient (Wildman–Crippen LogP) is 5.46. The molecule has 1 saturated carbocycles. The number of aromatic nitrogens is 1. The topological polar surface area (TPSA) is 34.0 Å². The highest BCUT2D eigenvalue weighted by atomic mass is 19.1. The molecule has 1 aliphatic carbocycles. The van der Waals surface area contributed by atoms with Crippen molar-refractivity contribution in [3.05, 3.63) is 71.7 Å². The summed E-state index contributed by atoms with van der Waals surface area (Å²) in [7, 11) is 0. The number of carbonyl (C=O) groups excluding carboxylic acids is 1. The number of hydrogen-bond acceptors (Lipinski definition) is 1. The molecule has 1 heterocycles. The molecule has 2 atom stereocenters. The van der Waals surface area contributed by atoms with Crippen LogP contribution in [0.2, 0.25) is 0 Å². The molecule has 4 rings (SSSR count). The van der Waals surface area contributed by atoms with Crippen LogP contribution in [0.25, 0.3) is 10.9 Å². The van der Waals surface area contributed by atoms with Gasteiger partial charge in [0.25, 0.3) is 0 Å². The van der Waals surface area contributed by atoms with Gasteiger partial charge in [-0.15, -0.1) is 0 Å². The summed E-state index contributed by atoms with van der Waals surface area (Å²) in [6.45, 7) is 2.72. The Morgan fingerprint density at radius 3 is 2.66 bits per heavy atom. The summed E-state index contributed by atoms with van der Waals surface area (Å²) in [4.78, 5) is 12.5. The molecular formula is C25H29FN2O. The average molecular weight is 393 g/mol. The maximum Gasteiger partial charge on any atom is 0.220 e. The Labute approximate surface area is 171 Å². The van der Waals surface area contributed by atoms with E-state index in [1.807, 2.05) is 24.3 Å². The molecule has 3 nitrogen and oxygen atoms in total. The second-order valence-electron chi connectivity index (χ2n) is 8.33. The number of hydrogen-bond donors (Lipinski definition) is 1. The van der Waals surface area contributed by atoms with Crippen molar-refractivity contribution in [3.63, 3.8) is 0 Å². The van der Waals surface area contributed by atoms with Crippen molar-refractivity contribution in [2.75, 3.05) is 0 Å². The van der Waals surface area contributed by atoms with Crippen LogP contribution in [0.1, 0.15) is 50.2 Å². The van der Waals surface area contributed by atoms with E-state index in [9.17, 15) is 9.18 Å². The normalized spacial score (nSPS) is 19.4. The van der Waals surface area contributed by atoms with Crippen LogP contribution in [0.3, 0.4) is 0 Å². The van der Waals surface area contributed by atoms with Crippen molar-refractivity contribution in [3.8, 4) is 0 Å². The fourth-order valence-corrected chi connectivity index (χ4v) is 4.52. The van der Waals surface area contributed by atoms with Crippen LogP contribution in [-0.4, -0.2) is 16.5 Å². The second-order valence-corrected chi connectivity index (χ2v) is 8.33. The summed E-state index contributed by atoms with van der Waals surface area (Å²) < 4.78 is 16.2. The Morgan fingerprint density at radius 2 is 1.83 bits per heavy atom. The Bertz CT molecular complexity index is 993. The molecule has 0 spiro atoms. The molecule has 2 aromatic carbocycles. The molecule has 3 aromatic rings. The zero-order valence-electron chi connectivity index (χ0n) is 17.0. The van der Waals surface area contributed by atoms with Gasteiger partial charge in [-0.25, -0.2) is 4.39 Å². The van der Waals surface area contributed by atoms with Crippen molar-refractivity contribution in [1.29, 1.82) is 0 Å². The molecular weight excluding hydrogens is 363 g/mol. The highest BCUT2D eigenvalue weighted by Crippen LogP contribution is 2.25. The second kappa shape index (κ2) is 8.81. The average Bonchev–Trinajstić information content (AvgIpc) is 3.08. The SMILES string of the molecule is C[C@H]1CCCC[C@H]1NC(=O)CCc1cn(Cc2ccccc2F)c2ccccc12. The van der Waals surface area contributed by atoms with Crippen molar-refractivity contribution in [2.45, 2.75) is 58.0 Å². The molecule has 1 fully saturated rings. The van der Waals surface area contributed by atoms with Gasteiger partial charge in [-0.05, 0) is 42.9 Å². The zero-order chi connectivity index (χ0) is 20.2. The summed E-state index contributed by atoms with van der Waals surface area (Å²) in [6, 6.07) is 15.4. The van der Waals surface area contributed by atoms with E-state index in [0.717, 1.165) is 22.9 Å². The number of benzene rings is 2. The molecule has 1 amide bonds. The van der Waals surface area contributed by atoms with E-state index in [4.69, 9.17) is 0 Å². The minimum absolute atomic E-state index is 0.134. The van der Waals surface area contributed by atoms with Gasteiger partial charge in [0.2, 0.25) is 5.91 Å². The molecule has 1 aliphatic rings. The molecule has 1 N–H and O–H groups in total. The van der Waals surface area contributed by atoms with Crippen LogP contribution >= 0.6 is 0 Å². The lowest BCUT2D eigenvalue weighted by atomic mass is 9.86. The van der Waals surface area contributed by atoms with Crippen LogP contribution in [0.4, 0.5) is 4.39 Å². The van der Waals surface area contributed by atoms with Gasteiger partial charge in [-0.3, -0.25) is 4.79 Å². The van der Waals surface area contributed by atoms with Gasteiger partial charge >= 0.3 is 0 Å². The number of para-hydroxylation sites is 1. The van der Waals surface area contributed by atoms with E-state index < -0.39 is 0 Å². The van der Waals surface area contributed by atoms with E-state index in [2.05, 4.69) is 35.1 Å². The minimum Gasteiger partial charge on any atom is -0.353 e. The highest BCUT2D eigenvalue weighted by Gasteiger charge is 2.22. The van der Waals surface area contributed by atoms with Crippen molar-refractivity contribution < 1.29 is 9.18 Å². The van der Waals surface area contributed by atoms with E-state index in [1.54, 1.807) is 6.07 Å². The number of rotatable bonds is 6. The molecule has 0 bridgehead atoms. The lowest BCUT2D eigenvalue weighted by Gasteiger charge is -2.29. The Balaban J connectivity index is 1.48. The van der Waals surface area contributed by atoms with Crippen molar-refractivity contribution in [2.24, 2.45) is 5.92 Å². The van der Waals surface area contributed by atoms with Crippen LogP contribution in [0.5, 0.6) is 0 Å². The van der Waals surface area contributed by atoms with Crippen LogP contribution in [0.15, 0.2) is 54.7 Å².